The van der Waals surface area contributed by atoms with E-state index in [1.807, 2.05) is 54.9 Å². The van der Waals surface area contributed by atoms with Gasteiger partial charge in [0.15, 0.2) is 0 Å². The molecule has 3 rings (SSSR count). The monoisotopic (exact) mass is 344 g/mol. The summed E-state index contributed by atoms with van der Waals surface area (Å²) in [4.78, 5) is 16.8. The van der Waals surface area contributed by atoms with Crippen LogP contribution >= 0.6 is 0 Å². The van der Waals surface area contributed by atoms with Crippen molar-refractivity contribution in [3.63, 3.8) is 0 Å². The largest absolute Gasteiger partial charge is 0.389 e. The Morgan fingerprint density at radius 1 is 1.12 bits per heavy atom. The van der Waals surface area contributed by atoms with Gasteiger partial charge in [-0.2, -0.15) is 5.10 Å². The number of rotatable bonds is 4. The number of amides is 1. The lowest BCUT2D eigenvalue weighted by molar-refractivity contribution is 0.0178. The Hall–Kier alpha value is -1.92. The van der Waals surface area contributed by atoms with Crippen molar-refractivity contribution < 1.29 is 9.90 Å². The van der Waals surface area contributed by atoms with Crippen LogP contribution in [0.5, 0.6) is 0 Å². The summed E-state index contributed by atoms with van der Waals surface area (Å²) in [6, 6.07) is 7.73. The summed E-state index contributed by atoms with van der Waals surface area (Å²) < 4.78 is 0. The van der Waals surface area contributed by atoms with Crippen molar-refractivity contribution >= 4 is 17.3 Å². The molecule has 1 fully saturated rings. The lowest BCUT2D eigenvalue weighted by atomic mass is 10.1. The number of hydrogen-bond acceptors (Lipinski definition) is 5. The average molecular weight is 344 g/mol. The molecule has 136 valence electrons. The number of hydrazone groups is 1. The van der Waals surface area contributed by atoms with E-state index in [4.69, 9.17) is 0 Å². The molecule has 0 saturated carbocycles. The Labute approximate surface area is 149 Å². The van der Waals surface area contributed by atoms with Crippen molar-refractivity contribution in [1.82, 2.24) is 9.80 Å². The number of aliphatic hydroxyl groups is 1. The Morgan fingerprint density at radius 2 is 1.76 bits per heavy atom. The first-order valence-electron chi connectivity index (χ1n) is 8.97. The fourth-order valence-electron chi connectivity index (χ4n) is 3.38. The molecule has 0 atom stereocenters. The third kappa shape index (κ3) is 4.58. The topological polar surface area (TPSA) is 59.4 Å². The second kappa shape index (κ2) is 7.14. The minimum atomic E-state index is -0.696. The molecule has 2 heterocycles. The number of carbonyl (C=O) groups is 1. The highest BCUT2D eigenvalue weighted by Crippen LogP contribution is 2.21. The maximum absolute atomic E-state index is 12.7. The van der Waals surface area contributed by atoms with E-state index < -0.39 is 5.60 Å². The van der Waals surface area contributed by atoms with Gasteiger partial charge in [-0.05, 0) is 45.0 Å². The molecule has 1 saturated heterocycles. The summed E-state index contributed by atoms with van der Waals surface area (Å²) in [5.41, 5.74) is 2.20. The Bertz CT molecular complexity index is 640. The molecule has 6 nitrogen and oxygen atoms in total. The zero-order chi connectivity index (χ0) is 18.0. The van der Waals surface area contributed by atoms with Crippen molar-refractivity contribution in [2.45, 2.75) is 32.8 Å². The smallest absolute Gasteiger partial charge is 0.253 e. The molecule has 0 radical (unpaired) electrons. The van der Waals surface area contributed by atoms with Crippen molar-refractivity contribution in [3.8, 4) is 0 Å². The SMILES string of the molecule is CC1=NN(c2ccc(C(=O)N3CCN(CC(C)(C)O)CC3)cc2)CC1. The number of benzene rings is 1. The van der Waals surface area contributed by atoms with Crippen LogP contribution in [0.3, 0.4) is 0 Å². The molecule has 0 aliphatic carbocycles. The molecular formula is C19H28N4O2. The Balaban J connectivity index is 1.57. The van der Waals surface area contributed by atoms with Crippen LogP contribution < -0.4 is 5.01 Å². The molecule has 0 unspecified atom stereocenters. The van der Waals surface area contributed by atoms with Crippen LogP contribution in [0.15, 0.2) is 29.4 Å². The standard InChI is InChI=1S/C19H28N4O2/c1-15-8-9-23(20-15)17-6-4-16(5-7-17)18(24)22-12-10-21(11-13-22)14-19(2,3)25/h4-7,25H,8-14H2,1-3H3. The zero-order valence-electron chi connectivity index (χ0n) is 15.4. The molecule has 1 aromatic carbocycles. The normalized spacial score (nSPS) is 19.3. The van der Waals surface area contributed by atoms with Crippen LogP contribution in [-0.4, -0.2) is 71.4 Å². The molecule has 1 aromatic rings. The highest BCUT2D eigenvalue weighted by molar-refractivity contribution is 5.94. The number of carbonyl (C=O) groups excluding carboxylic acids is 1. The molecule has 2 aliphatic heterocycles. The van der Waals surface area contributed by atoms with Gasteiger partial charge in [-0.1, -0.05) is 0 Å². The highest BCUT2D eigenvalue weighted by atomic mass is 16.3. The van der Waals surface area contributed by atoms with Gasteiger partial charge in [0, 0.05) is 57.0 Å². The predicted octanol–water partition coefficient (Wildman–Crippen LogP) is 1.80. The number of piperazine rings is 1. The van der Waals surface area contributed by atoms with Gasteiger partial charge in [0.1, 0.15) is 0 Å². The minimum Gasteiger partial charge on any atom is -0.389 e. The van der Waals surface area contributed by atoms with E-state index in [0.29, 0.717) is 19.6 Å². The molecular weight excluding hydrogens is 316 g/mol. The van der Waals surface area contributed by atoms with Gasteiger partial charge < -0.3 is 10.0 Å². The average Bonchev–Trinajstić information content (AvgIpc) is 3.00. The summed E-state index contributed by atoms with van der Waals surface area (Å²) >= 11 is 0. The second-order valence-corrected chi connectivity index (χ2v) is 7.64. The van der Waals surface area contributed by atoms with Crippen LogP contribution in [0.1, 0.15) is 37.6 Å². The molecule has 25 heavy (non-hydrogen) atoms. The summed E-state index contributed by atoms with van der Waals surface area (Å²) in [5, 5.41) is 16.4. The fourth-order valence-corrected chi connectivity index (χ4v) is 3.38. The lowest BCUT2D eigenvalue weighted by Crippen LogP contribution is -2.51. The van der Waals surface area contributed by atoms with Crippen LogP contribution in [-0.2, 0) is 0 Å². The van der Waals surface area contributed by atoms with Gasteiger partial charge >= 0.3 is 0 Å². The van der Waals surface area contributed by atoms with Crippen LogP contribution in [0.25, 0.3) is 0 Å². The maximum Gasteiger partial charge on any atom is 0.253 e. The predicted molar refractivity (Wildman–Crippen MR) is 100 cm³/mol. The maximum atomic E-state index is 12.7. The van der Waals surface area contributed by atoms with E-state index in [-0.39, 0.29) is 5.91 Å². The molecule has 0 aromatic heterocycles. The van der Waals surface area contributed by atoms with Crippen molar-refractivity contribution in [2.75, 3.05) is 44.3 Å². The summed E-state index contributed by atoms with van der Waals surface area (Å²) in [7, 11) is 0. The van der Waals surface area contributed by atoms with E-state index in [0.717, 1.165) is 43.0 Å². The van der Waals surface area contributed by atoms with E-state index in [2.05, 4.69) is 10.0 Å². The highest BCUT2D eigenvalue weighted by Gasteiger charge is 2.25. The molecule has 0 bridgehead atoms. The summed E-state index contributed by atoms with van der Waals surface area (Å²) in [5.74, 6) is 0.0792. The van der Waals surface area contributed by atoms with Gasteiger partial charge in [0.2, 0.25) is 0 Å². The van der Waals surface area contributed by atoms with Gasteiger partial charge in [-0.3, -0.25) is 14.7 Å². The lowest BCUT2D eigenvalue weighted by Gasteiger charge is -2.37. The third-order valence-corrected chi connectivity index (χ3v) is 4.66. The number of hydrogen-bond donors (Lipinski definition) is 1. The Kier molecular flexibility index (Phi) is 5.11. The number of nitrogens with zero attached hydrogens (tertiary/aromatic N) is 4. The first kappa shape index (κ1) is 17.9. The molecule has 6 heteroatoms. The molecule has 1 amide bonds. The van der Waals surface area contributed by atoms with Crippen LogP contribution in [0.4, 0.5) is 5.69 Å². The quantitative estimate of drug-likeness (QED) is 0.905. The van der Waals surface area contributed by atoms with Gasteiger partial charge in [-0.25, -0.2) is 0 Å². The van der Waals surface area contributed by atoms with E-state index in [1.165, 1.54) is 0 Å². The Morgan fingerprint density at radius 3 is 2.28 bits per heavy atom. The van der Waals surface area contributed by atoms with Crippen molar-refractivity contribution in [3.05, 3.63) is 29.8 Å². The van der Waals surface area contributed by atoms with Crippen molar-refractivity contribution in [2.24, 2.45) is 5.10 Å². The van der Waals surface area contributed by atoms with E-state index in [9.17, 15) is 9.90 Å². The van der Waals surface area contributed by atoms with Gasteiger partial charge in [0.05, 0.1) is 11.3 Å². The molecule has 0 spiro atoms. The zero-order valence-corrected chi connectivity index (χ0v) is 15.4. The first-order chi connectivity index (χ1) is 11.8. The fraction of sp³-hybridized carbons (Fsp3) is 0.579. The van der Waals surface area contributed by atoms with Gasteiger partial charge in [-0.15, -0.1) is 0 Å². The van der Waals surface area contributed by atoms with E-state index >= 15 is 0 Å². The third-order valence-electron chi connectivity index (χ3n) is 4.66. The molecule has 2 aliphatic rings. The first-order valence-corrected chi connectivity index (χ1v) is 8.97. The van der Waals surface area contributed by atoms with Crippen LogP contribution in [0, 0.1) is 0 Å². The van der Waals surface area contributed by atoms with E-state index in [1.54, 1.807) is 0 Å². The summed E-state index contributed by atoms with van der Waals surface area (Å²) in [6.07, 6.45) is 0.996. The van der Waals surface area contributed by atoms with Crippen LogP contribution in [0.2, 0.25) is 0 Å². The van der Waals surface area contributed by atoms with Gasteiger partial charge in [0.25, 0.3) is 5.91 Å². The summed E-state index contributed by atoms with van der Waals surface area (Å²) in [6.45, 7) is 10.2. The minimum absolute atomic E-state index is 0.0792. The molecule has 1 N–H and O–H groups in total. The number of β-amino-alcohol motifs (C(OH)–C–C–N with tert-alkyl or cyclic N) is 1. The van der Waals surface area contributed by atoms with Crippen molar-refractivity contribution in [1.29, 1.82) is 0 Å². The second-order valence-electron chi connectivity index (χ2n) is 7.64. The number of anilines is 1.